The Morgan fingerprint density at radius 2 is 1.25 bits per heavy atom. The lowest BCUT2D eigenvalue weighted by Gasteiger charge is -2.29. The Kier molecular flexibility index (Phi) is 7.09. The fourth-order valence-electron chi connectivity index (χ4n) is 2.05. The molecule has 0 amide bonds. The van der Waals surface area contributed by atoms with Crippen LogP contribution in [-0.2, 0) is 4.12 Å². The molecule has 0 fully saturated rings. The van der Waals surface area contributed by atoms with Crippen LogP contribution in [0.2, 0.25) is 18.1 Å². The van der Waals surface area contributed by atoms with E-state index in [1.165, 1.54) is 37.4 Å². The van der Waals surface area contributed by atoms with E-state index in [9.17, 15) is 0 Å². The molecule has 74 valence electrons. The number of rotatable bonds is 7. The van der Waals surface area contributed by atoms with Crippen LogP contribution in [0.15, 0.2) is 0 Å². The largest absolute Gasteiger partial charge is 0.463 e. The molecule has 12 heavy (non-hydrogen) atoms. The van der Waals surface area contributed by atoms with Gasteiger partial charge in [-0.05, 0) is 18.1 Å². The smallest absolute Gasteiger partial charge is 0.178 e. The van der Waals surface area contributed by atoms with E-state index in [1.807, 2.05) is 0 Å². The van der Waals surface area contributed by atoms with E-state index in [0.717, 1.165) is 10.5 Å². The Labute approximate surface area is 81.6 Å². The van der Waals surface area contributed by atoms with Gasteiger partial charge in [0.25, 0.3) is 0 Å². The summed E-state index contributed by atoms with van der Waals surface area (Å²) in [5, 5.41) is 0. The molecule has 0 aliphatic rings. The van der Waals surface area contributed by atoms with Gasteiger partial charge in [0.05, 0.1) is 0 Å². The van der Waals surface area contributed by atoms with E-state index in [-0.39, 0.29) is 0 Å². The minimum Gasteiger partial charge on any atom is -0.463 e. The van der Waals surface area contributed by atoms with Gasteiger partial charge in [0.15, 0.2) is 8.32 Å². The van der Waals surface area contributed by atoms with Gasteiger partial charge >= 0.3 is 0 Å². The van der Waals surface area contributed by atoms with Gasteiger partial charge in [0.1, 0.15) is 10.5 Å². The van der Waals surface area contributed by atoms with Gasteiger partial charge in [-0.15, -0.1) is 0 Å². The summed E-state index contributed by atoms with van der Waals surface area (Å²) in [6.07, 6.45) is 3.94. The molecule has 0 aromatic carbocycles. The highest BCUT2D eigenvalue weighted by molar-refractivity contribution is 6.76. The van der Waals surface area contributed by atoms with Crippen molar-refractivity contribution in [2.45, 2.75) is 58.2 Å². The van der Waals surface area contributed by atoms with Gasteiger partial charge < -0.3 is 4.12 Å². The molecule has 0 aliphatic heterocycles. The molecule has 0 bridgehead atoms. The van der Waals surface area contributed by atoms with Crippen molar-refractivity contribution in [1.82, 2.24) is 0 Å². The second kappa shape index (κ2) is 6.86. The van der Waals surface area contributed by atoms with Crippen LogP contribution in [0.4, 0.5) is 0 Å². The Hall–Kier alpha value is 0.394. The summed E-state index contributed by atoms with van der Waals surface area (Å²) < 4.78 is 5.94. The first-order valence-corrected chi connectivity index (χ1v) is 8.64. The molecule has 0 heterocycles. The van der Waals surface area contributed by atoms with E-state index in [1.54, 1.807) is 0 Å². The number of hydrogen-bond acceptors (Lipinski definition) is 1. The first-order valence-electron chi connectivity index (χ1n) is 5.29. The summed E-state index contributed by atoms with van der Waals surface area (Å²) in [5.41, 5.74) is 0. The SMILES string of the molecule is CCC[Si](CCC)(CCC)O[SiH3]. The first kappa shape index (κ1) is 12.4. The van der Waals surface area contributed by atoms with Crippen molar-refractivity contribution in [1.29, 1.82) is 0 Å². The average Bonchev–Trinajstić information content (AvgIpc) is 2.06. The molecule has 0 rings (SSSR count). The Morgan fingerprint density at radius 1 is 0.917 bits per heavy atom. The van der Waals surface area contributed by atoms with E-state index in [4.69, 9.17) is 4.12 Å². The van der Waals surface area contributed by atoms with Crippen LogP contribution < -0.4 is 0 Å². The Bertz CT molecular complexity index is 89.7. The monoisotopic (exact) mass is 204 g/mol. The van der Waals surface area contributed by atoms with Crippen molar-refractivity contribution in [2.24, 2.45) is 0 Å². The molecule has 0 radical (unpaired) electrons. The highest BCUT2D eigenvalue weighted by Gasteiger charge is 2.29. The third-order valence-electron chi connectivity index (χ3n) is 2.55. The maximum Gasteiger partial charge on any atom is 0.178 e. The zero-order chi connectivity index (χ0) is 9.45. The van der Waals surface area contributed by atoms with E-state index < -0.39 is 8.32 Å². The predicted octanol–water partition coefficient (Wildman–Crippen LogP) is 2.46. The number of hydrogen-bond donors (Lipinski definition) is 0. The van der Waals surface area contributed by atoms with Crippen LogP contribution in [-0.4, -0.2) is 18.8 Å². The van der Waals surface area contributed by atoms with E-state index >= 15 is 0 Å². The highest BCUT2D eigenvalue weighted by atomic mass is 28.4. The van der Waals surface area contributed by atoms with Gasteiger partial charge in [-0.25, -0.2) is 0 Å². The fraction of sp³-hybridized carbons (Fsp3) is 1.00. The summed E-state index contributed by atoms with van der Waals surface area (Å²) >= 11 is 0. The second-order valence-corrected chi connectivity index (χ2v) is 9.14. The molecule has 0 saturated heterocycles. The molecule has 0 N–H and O–H groups in total. The maximum atomic E-state index is 5.94. The predicted molar refractivity (Wildman–Crippen MR) is 62.1 cm³/mol. The molecule has 3 heteroatoms. The lowest BCUT2D eigenvalue weighted by molar-refractivity contribution is 0.568. The standard InChI is InChI=1S/C9H24OSi2/c1-4-7-12(10-11,8-5-2)9-6-3/h4-9H2,1-3,11H3. The van der Waals surface area contributed by atoms with Gasteiger partial charge in [0, 0.05) is 0 Å². The van der Waals surface area contributed by atoms with Crippen LogP contribution >= 0.6 is 0 Å². The second-order valence-electron chi connectivity index (χ2n) is 3.64. The third-order valence-corrected chi connectivity index (χ3v) is 10.2. The normalized spacial score (nSPS) is 12.2. The van der Waals surface area contributed by atoms with Gasteiger partial charge in [-0.1, -0.05) is 40.0 Å². The minimum absolute atomic E-state index is 0.951. The summed E-state index contributed by atoms with van der Waals surface area (Å²) in [4.78, 5) is 0. The van der Waals surface area contributed by atoms with Crippen LogP contribution in [0.25, 0.3) is 0 Å². The third kappa shape index (κ3) is 3.87. The molecule has 0 spiro atoms. The topological polar surface area (TPSA) is 9.23 Å². The van der Waals surface area contributed by atoms with Crippen molar-refractivity contribution < 1.29 is 4.12 Å². The van der Waals surface area contributed by atoms with Crippen LogP contribution in [0, 0.1) is 0 Å². The van der Waals surface area contributed by atoms with Crippen molar-refractivity contribution in [3.05, 3.63) is 0 Å². The van der Waals surface area contributed by atoms with Gasteiger partial charge in [-0.3, -0.25) is 0 Å². The zero-order valence-corrected chi connectivity index (χ0v) is 12.2. The average molecular weight is 204 g/mol. The zero-order valence-electron chi connectivity index (χ0n) is 9.15. The first-order chi connectivity index (χ1) is 5.74. The lowest BCUT2D eigenvalue weighted by atomic mass is 10.6. The molecule has 1 nitrogen and oxygen atoms in total. The summed E-state index contributed by atoms with van der Waals surface area (Å²) in [6, 6.07) is 4.16. The molecule has 0 aromatic heterocycles. The Morgan fingerprint density at radius 3 is 1.42 bits per heavy atom. The van der Waals surface area contributed by atoms with Crippen molar-refractivity contribution in [3.8, 4) is 0 Å². The van der Waals surface area contributed by atoms with E-state index in [0.29, 0.717) is 0 Å². The highest BCUT2D eigenvalue weighted by Crippen LogP contribution is 2.25. The molecule has 0 aliphatic carbocycles. The maximum absolute atomic E-state index is 5.94. The molecule has 0 atom stereocenters. The van der Waals surface area contributed by atoms with Gasteiger partial charge in [0.2, 0.25) is 0 Å². The van der Waals surface area contributed by atoms with Crippen LogP contribution in [0.3, 0.4) is 0 Å². The minimum atomic E-state index is -1.21. The molecule has 0 unspecified atom stereocenters. The Balaban J connectivity index is 4.06. The molecule has 0 aromatic rings. The van der Waals surface area contributed by atoms with Crippen LogP contribution in [0.5, 0.6) is 0 Å². The lowest BCUT2D eigenvalue weighted by Crippen LogP contribution is -2.36. The van der Waals surface area contributed by atoms with Crippen molar-refractivity contribution in [2.75, 3.05) is 0 Å². The molecule has 0 saturated carbocycles. The quantitative estimate of drug-likeness (QED) is 0.579. The summed E-state index contributed by atoms with van der Waals surface area (Å²) in [6.45, 7) is 6.86. The molecular weight excluding hydrogens is 180 g/mol. The summed E-state index contributed by atoms with van der Waals surface area (Å²) in [7, 11) is -0.257. The van der Waals surface area contributed by atoms with Crippen molar-refractivity contribution in [3.63, 3.8) is 0 Å². The summed E-state index contributed by atoms with van der Waals surface area (Å²) in [5.74, 6) is 0. The van der Waals surface area contributed by atoms with Crippen molar-refractivity contribution >= 4 is 18.8 Å². The van der Waals surface area contributed by atoms with E-state index in [2.05, 4.69) is 20.8 Å². The molecular formula is C9H24OSi2. The van der Waals surface area contributed by atoms with Gasteiger partial charge in [-0.2, -0.15) is 0 Å². The van der Waals surface area contributed by atoms with Crippen LogP contribution in [0.1, 0.15) is 40.0 Å². The fourth-order valence-corrected chi connectivity index (χ4v) is 7.98.